The predicted octanol–water partition coefficient (Wildman–Crippen LogP) is 2.56. The first-order chi connectivity index (χ1) is 13.7. The summed E-state index contributed by atoms with van der Waals surface area (Å²) in [5.41, 5.74) is 4.40. The zero-order chi connectivity index (χ0) is 21.2. The van der Waals surface area contributed by atoms with Gasteiger partial charge in [0.05, 0.1) is 0 Å². The highest BCUT2D eigenvalue weighted by Gasteiger charge is 2.63. The maximum atomic E-state index is 12.2. The molecule has 7 nitrogen and oxygen atoms in total. The maximum Gasteiger partial charge on any atom is 0.323 e. The highest BCUT2D eigenvalue weighted by Crippen LogP contribution is 2.52. The van der Waals surface area contributed by atoms with Gasteiger partial charge in [0.15, 0.2) is 5.41 Å². The minimum absolute atomic E-state index is 0.0242. The van der Waals surface area contributed by atoms with E-state index in [0.29, 0.717) is 0 Å². The van der Waals surface area contributed by atoms with Crippen LogP contribution in [0.1, 0.15) is 36.3 Å². The molecule has 0 spiro atoms. The van der Waals surface area contributed by atoms with Crippen molar-refractivity contribution in [3.05, 3.63) is 71.8 Å². The number of benzene rings is 2. The number of hydrogen-bond donors (Lipinski definition) is 4. The zero-order valence-corrected chi connectivity index (χ0v) is 15.7. The Bertz CT molecular complexity index is 852. The lowest BCUT2D eigenvalue weighted by molar-refractivity contribution is -0.181. The average molecular weight is 397 g/mol. The van der Waals surface area contributed by atoms with Gasteiger partial charge in [-0.25, -0.2) is 0 Å². The van der Waals surface area contributed by atoms with Gasteiger partial charge < -0.3 is 21.1 Å². The summed E-state index contributed by atoms with van der Waals surface area (Å²) >= 11 is 0. The second-order valence-electron chi connectivity index (χ2n) is 7.72. The van der Waals surface area contributed by atoms with E-state index in [1.54, 1.807) is 0 Å². The highest BCUT2D eigenvalue weighted by molar-refractivity contribution is 5.99. The number of rotatable bonds is 8. The minimum atomic E-state index is -1.97. The summed E-state index contributed by atoms with van der Waals surface area (Å²) < 4.78 is 0. The van der Waals surface area contributed by atoms with Crippen molar-refractivity contribution in [1.29, 1.82) is 0 Å². The molecule has 1 saturated carbocycles. The van der Waals surface area contributed by atoms with E-state index in [1.807, 2.05) is 60.7 Å². The van der Waals surface area contributed by atoms with Crippen molar-refractivity contribution in [3.8, 4) is 0 Å². The van der Waals surface area contributed by atoms with Gasteiger partial charge in [0.1, 0.15) is 5.54 Å². The van der Waals surface area contributed by atoms with Gasteiger partial charge in [-0.3, -0.25) is 14.4 Å². The molecular weight excluding hydrogens is 374 g/mol. The van der Waals surface area contributed by atoms with E-state index in [1.165, 1.54) is 0 Å². The maximum absolute atomic E-state index is 12.2. The summed E-state index contributed by atoms with van der Waals surface area (Å²) in [5.74, 6) is -5.28. The van der Waals surface area contributed by atoms with Crippen LogP contribution < -0.4 is 5.73 Å². The molecule has 0 bridgehead atoms. The summed E-state index contributed by atoms with van der Waals surface area (Å²) in [7, 11) is 0. The second kappa shape index (κ2) is 7.67. The zero-order valence-electron chi connectivity index (χ0n) is 15.7. The number of carboxylic acids is 3. The molecule has 0 heterocycles. The molecule has 0 saturated heterocycles. The third kappa shape index (κ3) is 3.61. The summed E-state index contributed by atoms with van der Waals surface area (Å²) in [6.45, 7) is 0. The molecule has 5 N–H and O–H groups in total. The van der Waals surface area contributed by atoms with Crippen LogP contribution in [0, 0.1) is 11.3 Å². The van der Waals surface area contributed by atoms with Crippen LogP contribution in [-0.2, 0) is 14.4 Å². The van der Waals surface area contributed by atoms with E-state index < -0.39 is 34.8 Å². The molecule has 0 aromatic heterocycles. The Morgan fingerprint density at radius 1 is 0.897 bits per heavy atom. The van der Waals surface area contributed by atoms with Gasteiger partial charge in [-0.1, -0.05) is 60.7 Å². The van der Waals surface area contributed by atoms with Crippen LogP contribution in [0.5, 0.6) is 0 Å². The van der Waals surface area contributed by atoms with Crippen LogP contribution in [0.15, 0.2) is 60.7 Å². The lowest BCUT2D eigenvalue weighted by Gasteiger charge is -2.48. The molecule has 3 rings (SSSR count). The van der Waals surface area contributed by atoms with Crippen molar-refractivity contribution in [2.45, 2.75) is 30.7 Å². The van der Waals surface area contributed by atoms with Crippen molar-refractivity contribution in [2.24, 2.45) is 17.1 Å². The van der Waals surface area contributed by atoms with Crippen LogP contribution >= 0.6 is 0 Å². The molecule has 1 aliphatic carbocycles. The third-order valence-corrected chi connectivity index (χ3v) is 6.08. The van der Waals surface area contributed by atoms with Crippen LogP contribution in [0.25, 0.3) is 0 Å². The van der Waals surface area contributed by atoms with E-state index in [2.05, 4.69) is 0 Å². The first kappa shape index (κ1) is 20.5. The normalized spacial score (nSPS) is 17.9. The number of aliphatic carboxylic acids is 3. The average Bonchev–Trinajstić information content (AvgIpc) is 2.66. The van der Waals surface area contributed by atoms with Gasteiger partial charge in [0.2, 0.25) is 0 Å². The van der Waals surface area contributed by atoms with Gasteiger partial charge in [0, 0.05) is 5.92 Å². The van der Waals surface area contributed by atoms with E-state index >= 15 is 0 Å². The molecule has 1 fully saturated rings. The largest absolute Gasteiger partial charge is 0.480 e. The molecule has 7 heteroatoms. The summed E-state index contributed by atoms with van der Waals surface area (Å²) in [6, 6.07) is 18.7. The number of nitrogens with two attached hydrogens (primary N) is 1. The Labute approximate surface area is 167 Å². The fraction of sp³-hybridized carbons (Fsp3) is 0.318. The summed E-state index contributed by atoms with van der Waals surface area (Å²) in [5, 5.41) is 28.6. The quantitative estimate of drug-likeness (QED) is 0.502. The first-order valence-corrected chi connectivity index (χ1v) is 9.29. The Balaban J connectivity index is 1.95. The van der Waals surface area contributed by atoms with E-state index in [9.17, 15) is 29.7 Å². The van der Waals surface area contributed by atoms with Crippen molar-refractivity contribution in [3.63, 3.8) is 0 Å². The van der Waals surface area contributed by atoms with Crippen LogP contribution in [-0.4, -0.2) is 38.8 Å². The van der Waals surface area contributed by atoms with E-state index in [0.717, 1.165) is 11.1 Å². The number of carbonyl (C=O) groups is 3. The smallest absolute Gasteiger partial charge is 0.323 e. The van der Waals surface area contributed by atoms with Crippen LogP contribution in [0.2, 0.25) is 0 Å². The fourth-order valence-corrected chi connectivity index (χ4v) is 4.15. The molecule has 2 aromatic carbocycles. The lowest BCUT2D eigenvalue weighted by atomic mass is 9.54. The molecule has 1 atom stereocenters. The molecule has 152 valence electrons. The Hall–Kier alpha value is -3.19. The van der Waals surface area contributed by atoms with E-state index in [4.69, 9.17) is 5.73 Å². The number of carboxylic acid groups (broad SMARTS) is 3. The van der Waals surface area contributed by atoms with E-state index in [-0.39, 0.29) is 25.2 Å². The summed E-state index contributed by atoms with van der Waals surface area (Å²) in [6.07, 6.45) is -0.593. The standard InChI is InChI=1S/C22H23NO6/c23-22(20(28)29,16-11-21(12-16,18(24)25)19(26)27)13-17(14-7-3-1-4-8-14)15-9-5-2-6-10-15/h1-10,16-17H,11-13,23H2,(H,24,25)(H,26,27)(H,28,29). The molecule has 2 aromatic rings. The second-order valence-corrected chi connectivity index (χ2v) is 7.72. The van der Waals surface area contributed by atoms with Crippen molar-refractivity contribution in [1.82, 2.24) is 0 Å². The Morgan fingerprint density at radius 2 is 1.31 bits per heavy atom. The Kier molecular flexibility index (Phi) is 5.44. The van der Waals surface area contributed by atoms with Gasteiger partial charge in [0.25, 0.3) is 0 Å². The van der Waals surface area contributed by atoms with Gasteiger partial charge in [-0.15, -0.1) is 0 Å². The SMILES string of the molecule is NC(CC(c1ccccc1)c1ccccc1)(C(=O)O)C1CC(C(=O)O)(C(=O)O)C1. The molecule has 1 unspecified atom stereocenters. The van der Waals surface area contributed by atoms with Crippen LogP contribution in [0.4, 0.5) is 0 Å². The lowest BCUT2D eigenvalue weighted by Crippen LogP contribution is -2.64. The molecule has 1 aliphatic rings. The minimum Gasteiger partial charge on any atom is -0.480 e. The van der Waals surface area contributed by atoms with Crippen molar-refractivity contribution >= 4 is 17.9 Å². The predicted molar refractivity (Wildman–Crippen MR) is 104 cm³/mol. The number of hydrogen-bond acceptors (Lipinski definition) is 4. The molecule has 0 aliphatic heterocycles. The van der Waals surface area contributed by atoms with Crippen molar-refractivity contribution in [2.75, 3.05) is 0 Å². The van der Waals surface area contributed by atoms with Gasteiger partial charge in [-0.05, 0) is 36.3 Å². The molecule has 0 amide bonds. The fourth-order valence-electron chi connectivity index (χ4n) is 4.15. The molecule has 29 heavy (non-hydrogen) atoms. The summed E-state index contributed by atoms with van der Waals surface area (Å²) in [4.78, 5) is 35.2. The van der Waals surface area contributed by atoms with Gasteiger partial charge in [-0.2, -0.15) is 0 Å². The van der Waals surface area contributed by atoms with Gasteiger partial charge >= 0.3 is 17.9 Å². The topological polar surface area (TPSA) is 138 Å². The Morgan fingerprint density at radius 3 is 1.66 bits per heavy atom. The highest BCUT2D eigenvalue weighted by atomic mass is 16.4. The third-order valence-electron chi connectivity index (χ3n) is 6.08. The molecule has 0 radical (unpaired) electrons. The molecular formula is C22H23NO6. The van der Waals surface area contributed by atoms with Crippen molar-refractivity contribution < 1.29 is 29.7 Å². The van der Waals surface area contributed by atoms with Crippen LogP contribution in [0.3, 0.4) is 0 Å². The first-order valence-electron chi connectivity index (χ1n) is 9.29. The monoisotopic (exact) mass is 397 g/mol.